The van der Waals surface area contributed by atoms with Crippen molar-refractivity contribution in [1.29, 1.82) is 0 Å². The third kappa shape index (κ3) is 4.05. The summed E-state index contributed by atoms with van der Waals surface area (Å²) < 4.78 is 0. The Morgan fingerprint density at radius 3 is 1.61 bits per heavy atom. The molecule has 0 spiro atoms. The third-order valence-corrected chi connectivity index (χ3v) is 4.57. The fourth-order valence-corrected chi connectivity index (χ4v) is 3.69. The number of fused-ring (bicyclic) bond motifs is 3. The van der Waals surface area contributed by atoms with E-state index in [2.05, 4.69) is 36.4 Å². The van der Waals surface area contributed by atoms with Crippen molar-refractivity contribution in [3.63, 3.8) is 0 Å². The molecule has 2 nitrogen and oxygen atoms in total. The molecule has 0 aliphatic heterocycles. The van der Waals surface area contributed by atoms with Crippen molar-refractivity contribution in [3.8, 4) is 11.1 Å². The van der Waals surface area contributed by atoms with E-state index in [9.17, 15) is 10.2 Å². The molecule has 0 bridgehead atoms. The Bertz CT molecular complexity index is 573. The van der Waals surface area contributed by atoms with Crippen molar-refractivity contribution in [2.24, 2.45) is 0 Å². The van der Waals surface area contributed by atoms with E-state index in [1.807, 2.05) is 12.1 Å². The van der Waals surface area contributed by atoms with Gasteiger partial charge in [-0.25, -0.2) is 0 Å². The summed E-state index contributed by atoms with van der Waals surface area (Å²) in [6.45, 7) is 0.386. The van der Waals surface area contributed by atoms with Gasteiger partial charge in [0.25, 0.3) is 0 Å². The molecule has 1 aliphatic carbocycles. The molecule has 2 radical (unpaired) electrons. The number of hydrogen-bond acceptors (Lipinski definition) is 2. The summed E-state index contributed by atoms with van der Waals surface area (Å²) in [6.07, 6.45) is 3.29. The van der Waals surface area contributed by atoms with Crippen molar-refractivity contribution >= 4 is 0 Å². The minimum atomic E-state index is -0.119. The Hall–Kier alpha value is 0.568. The average Bonchev–Trinajstić information content (AvgIpc) is 2.82. The Morgan fingerprint density at radius 2 is 1.22 bits per heavy atom. The molecule has 4 heteroatoms. The second-order valence-corrected chi connectivity index (χ2v) is 5.68. The summed E-state index contributed by atoms with van der Waals surface area (Å²) in [6, 6.07) is 18.7. The van der Waals surface area contributed by atoms with Crippen molar-refractivity contribution in [1.82, 2.24) is 0 Å². The molecule has 0 amide bonds. The maximum atomic E-state index is 9.30. The van der Waals surface area contributed by atoms with Crippen molar-refractivity contribution in [2.45, 2.75) is 31.1 Å². The first-order chi connectivity index (χ1) is 10.3. The second-order valence-electron chi connectivity index (χ2n) is 5.68. The molecule has 116 valence electrons. The van der Waals surface area contributed by atoms with E-state index in [-0.39, 0.29) is 84.0 Å². The maximum Gasteiger partial charge on any atom is 0.0430 e. The van der Waals surface area contributed by atoms with Gasteiger partial charge in [-0.1, -0.05) is 18.3 Å². The predicted octanol–water partition coefficient (Wildman–Crippen LogP) is 3.09. The van der Waals surface area contributed by atoms with Crippen LogP contribution >= 0.6 is 0 Å². The Kier molecular flexibility index (Phi) is 9.30. The molecular weight excluding hydrogens is 438 g/mol. The minimum Gasteiger partial charge on any atom is -0.396 e. The van der Waals surface area contributed by atoms with Gasteiger partial charge in [0.15, 0.2) is 0 Å². The van der Waals surface area contributed by atoms with Crippen LogP contribution in [-0.4, -0.2) is 23.4 Å². The molecule has 0 heterocycles. The monoisotopic (exact) mass is 458 g/mol. The van der Waals surface area contributed by atoms with Crippen LogP contribution in [0.3, 0.4) is 0 Å². The first-order valence-electron chi connectivity index (χ1n) is 7.57. The van der Waals surface area contributed by atoms with Gasteiger partial charge in [0.05, 0.1) is 0 Å². The van der Waals surface area contributed by atoms with Gasteiger partial charge in [0.1, 0.15) is 0 Å². The fraction of sp³-hybridized carbons (Fsp3) is 0.368. The first-order valence-corrected chi connectivity index (χ1v) is 7.57. The molecule has 0 unspecified atom stereocenters. The normalized spacial score (nSPS) is 13.5. The summed E-state index contributed by atoms with van der Waals surface area (Å²) in [4.78, 5) is 0. The summed E-state index contributed by atoms with van der Waals surface area (Å²) in [5, 5.41) is 18.6. The van der Waals surface area contributed by atoms with Gasteiger partial charge >= 0.3 is 0 Å². The number of rotatable bonds is 6. The number of aliphatic hydroxyl groups is 2. The van der Waals surface area contributed by atoms with Crippen molar-refractivity contribution < 1.29 is 75.6 Å². The minimum absolute atomic E-state index is 0. The first kappa shape index (κ1) is 21.6. The fourth-order valence-electron chi connectivity index (χ4n) is 3.69. The smallest absolute Gasteiger partial charge is 0.0430 e. The van der Waals surface area contributed by atoms with E-state index in [4.69, 9.17) is 0 Å². The van der Waals surface area contributed by atoms with E-state index in [1.54, 1.807) is 0 Å². The number of hydrogen-bond donors (Lipinski definition) is 2. The van der Waals surface area contributed by atoms with Crippen LogP contribution in [0.25, 0.3) is 11.1 Å². The third-order valence-electron chi connectivity index (χ3n) is 4.57. The van der Waals surface area contributed by atoms with Crippen LogP contribution in [0.1, 0.15) is 36.8 Å². The standard InChI is InChI=1S/C19H20O2.2Y/c20-13-5-11-19(12-6-14-21)17-9-3-1-7-15(17)16-8-2-4-10-18(16)19;;/h1-2,7-10,20-21H,5-6,11-14H2;;/q-2;;. The molecule has 2 aromatic rings. The van der Waals surface area contributed by atoms with Crippen molar-refractivity contribution in [2.75, 3.05) is 13.2 Å². The quantitative estimate of drug-likeness (QED) is 0.654. The molecule has 2 aromatic carbocycles. The zero-order valence-corrected chi connectivity index (χ0v) is 18.9. The molecule has 3 rings (SSSR count). The number of aliphatic hydroxyl groups excluding tert-OH is 2. The molecule has 23 heavy (non-hydrogen) atoms. The zero-order chi connectivity index (χ0) is 14.7. The Morgan fingerprint density at radius 1 is 0.783 bits per heavy atom. The van der Waals surface area contributed by atoms with Gasteiger partial charge in [-0.2, -0.15) is 59.7 Å². The van der Waals surface area contributed by atoms with Gasteiger partial charge in [-0.05, 0) is 12.8 Å². The Balaban J connectivity index is 0.00000132. The van der Waals surface area contributed by atoms with Crippen LogP contribution in [0, 0.1) is 12.1 Å². The molecule has 0 saturated heterocycles. The topological polar surface area (TPSA) is 40.5 Å². The van der Waals surface area contributed by atoms with Crippen LogP contribution < -0.4 is 0 Å². The van der Waals surface area contributed by atoms with Crippen LogP contribution in [0.2, 0.25) is 0 Å². The average molecular weight is 458 g/mol. The summed E-state index contributed by atoms with van der Waals surface area (Å²) in [5.74, 6) is 0. The molecule has 1 aliphatic rings. The summed E-state index contributed by atoms with van der Waals surface area (Å²) in [7, 11) is 0. The van der Waals surface area contributed by atoms with Crippen LogP contribution in [-0.2, 0) is 70.8 Å². The predicted molar refractivity (Wildman–Crippen MR) is 83.0 cm³/mol. The van der Waals surface area contributed by atoms with Gasteiger partial charge < -0.3 is 10.2 Å². The second kappa shape index (κ2) is 9.90. The SMILES string of the molecule is OCCCC1(CCCO)c2c[c-]ccc2-c2cc[c-]cc21.[Y].[Y]. The molecule has 0 aromatic heterocycles. The van der Waals surface area contributed by atoms with Gasteiger partial charge in [0.2, 0.25) is 0 Å². The van der Waals surface area contributed by atoms with Gasteiger partial charge in [-0.3, -0.25) is 0 Å². The maximum absolute atomic E-state index is 9.30. The Labute approximate surface area is 188 Å². The summed E-state index contributed by atoms with van der Waals surface area (Å²) in [5.41, 5.74) is 4.95. The van der Waals surface area contributed by atoms with E-state index in [0.29, 0.717) is 0 Å². The molecule has 0 saturated carbocycles. The molecule has 0 fully saturated rings. The molecular formula is C19H20O2Y2-2. The zero-order valence-electron chi connectivity index (χ0n) is 13.3. The van der Waals surface area contributed by atoms with Gasteiger partial charge in [-0.15, -0.1) is 11.1 Å². The van der Waals surface area contributed by atoms with E-state index < -0.39 is 0 Å². The van der Waals surface area contributed by atoms with Crippen LogP contribution in [0.4, 0.5) is 0 Å². The van der Waals surface area contributed by atoms with E-state index >= 15 is 0 Å². The van der Waals surface area contributed by atoms with Crippen LogP contribution in [0.5, 0.6) is 0 Å². The number of benzene rings is 2. The van der Waals surface area contributed by atoms with Gasteiger partial charge in [0, 0.05) is 78.6 Å². The molecule has 0 atom stereocenters. The van der Waals surface area contributed by atoms with Crippen molar-refractivity contribution in [3.05, 3.63) is 59.7 Å². The largest absolute Gasteiger partial charge is 0.396 e. The van der Waals surface area contributed by atoms with E-state index in [1.165, 1.54) is 22.3 Å². The van der Waals surface area contributed by atoms with E-state index in [0.717, 1.165) is 25.7 Å². The molecule has 2 N–H and O–H groups in total. The van der Waals surface area contributed by atoms with Crippen LogP contribution in [0.15, 0.2) is 36.4 Å². The summed E-state index contributed by atoms with van der Waals surface area (Å²) >= 11 is 0.